The monoisotopic (exact) mass is 395 g/mol. The molecular weight excluding hydrogens is 382 g/mol. The molecule has 0 bridgehead atoms. The molecule has 0 aliphatic rings. The standard InChI is InChI=1S/C19H13N3O5S/c1-26-12-7-6-11-8-17(27-16(11)9-12)14-10-28-19(20-14)21-18(23)13-4-2-3-5-15(13)22(24)25/h2-10H,1H3,(H,20,21,23). The first-order valence-electron chi connectivity index (χ1n) is 8.13. The first-order valence-corrected chi connectivity index (χ1v) is 9.01. The zero-order valence-electron chi connectivity index (χ0n) is 14.5. The van der Waals surface area contributed by atoms with Crippen LogP contribution in [0, 0.1) is 10.1 Å². The highest BCUT2D eigenvalue weighted by molar-refractivity contribution is 7.14. The van der Waals surface area contributed by atoms with Crippen molar-refractivity contribution in [1.29, 1.82) is 0 Å². The maximum Gasteiger partial charge on any atom is 0.282 e. The normalized spacial score (nSPS) is 10.8. The van der Waals surface area contributed by atoms with Crippen molar-refractivity contribution in [3.8, 4) is 17.2 Å². The number of amides is 1. The third-order valence-corrected chi connectivity index (χ3v) is 4.81. The van der Waals surface area contributed by atoms with Crippen LogP contribution in [0.2, 0.25) is 0 Å². The predicted molar refractivity (Wildman–Crippen MR) is 105 cm³/mol. The second-order valence-corrected chi connectivity index (χ2v) is 6.64. The van der Waals surface area contributed by atoms with E-state index >= 15 is 0 Å². The van der Waals surface area contributed by atoms with Gasteiger partial charge in [-0.05, 0) is 24.3 Å². The molecule has 0 atom stereocenters. The number of aromatic nitrogens is 1. The van der Waals surface area contributed by atoms with Gasteiger partial charge in [0.05, 0.1) is 12.0 Å². The fraction of sp³-hybridized carbons (Fsp3) is 0.0526. The Balaban J connectivity index is 1.58. The molecule has 2 aromatic carbocycles. The minimum atomic E-state index is -0.595. The van der Waals surface area contributed by atoms with E-state index in [1.54, 1.807) is 24.6 Å². The second kappa shape index (κ2) is 7.12. The summed E-state index contributed by atoms with van der Waals surface area (Å²) >= 11 is 1.20. The van der Waals surface area contributed by atoms with Gasteiger partial charge in [0.1, 0.15) is 22.6 Å². The molecule has 0 aliphatic heterocycles. The van der Waals surface area contributed by atoms with Crippen LogP contribution < -0.4 is 10.1 Å². The number of nitrogens with zero attached hydrogens (tertiary/aromatic N) is 2. The Morgan fingerprint density at radius 1 is 1.25 bits per heavy atom. The molecule has 4 rings (SSSR count). The largest absolute Gasteiger partial charge is 0.497 e. The minimum absolute atomic E-state index is 0.0277. The van der Waals surface area contributed by atoms with Gasteiger partial charge in [-0.3, -0.25) is 20.2 Å². The van der Waals surface area contributed by atoms with Crippen molar-refractivity contribution < 1.29 is 18.9 Å². The summed E-state index contributed by atoms with van der Waals surface area (Å²) in [5.74, 6) is 0.636. The summed E-state index contributed by atoms with van der Waals surface area (Å²) in [6.45, 7) is 0. The molecule has 0 radical (unpaired) electrons. The van der Waals surface area contributed by atoms with Gasteiger partial charge in [-0.2, -0.15) is 0 Å². The number of benzene rings is 2. The maximum atomic E-state index is 12.4. The SMILES string of the molecule is COc1ccc2cc(-c3csc(NC(=O)c4ccccc4[N+](=O)[O-])n3)oc2c1. The molecule has 2 aromatic heterocycles. The van der Waals surface area contributed by atoms with Crippen LogP contribution in [0.1, 0.15) is 10.4 Å². The van der Waals surface area contributed by atoms with Gasteiger partial charge >= 0.3 is 0 Å². The van der Waals surface area contributed by atoms with Crippen LogP contribution >= 0.6 is 11.3 Å². The van der Waals surface area contributed by atoms with E-state index in [-0.39, 0.29) is 11.3 Å². The van der Waals surface area contributed by atoms with Crippen molar-refractivity contribution >= 4 is 39.0 Å². The zero-order chi connectivity index (χ0) is 19.7. The lowest BCUT2D eigenvalue weighted by Gasteiger charge is -2.02. The second-order valence-electron chi connectivity index (χ2n) is 5.78. The van der Waals surface area contributed by atoms with Crippen molar-refractivity contribution in [3.05, 3.63) is 69.6 Å². The van der Waals surface area contributed by atoms with Crippen LogP contribution in [0.5, 0.6) is 5.75 Å². The summed E-state index contributed by atoms with van der Waals surface area (Å²) in [6, 6.07) is 13.1. The van der Waals surface area contributed by atoms with Gasteiger partial charge in [-0.25, -0.2) is 4.98 Å². The molecule has 0 aliphatic carbocycles. The number of ether oxygens (including phenoxy) is 1. The Morgan fingerprint density at radius 2 is 2.07 bits per heavy atom. The number of nitro benzene ring substituents is 1. The van der Waals surface area contributed by atoms with Crippen LogP contribution in [-0.2, 0) is 0 Å². The molecule has 0 saturated carbocycles. The number of rotatable bonds is 5. The van der Waals surface area contributed by atoms with Crippen LogP contribution in [-0.4, -0.2) is 22.9 Å². The Morgan fingerprint density at radius 3 is 2.86 bits per heavy atom. The molecule has 4 aromatic rings. The van der Waals surface area contributed by atoms with E-state index < -0.39 is 10.8 Å². The fourth-order valence-corrected chi connectivity index (χ4v) is 3.39. The number of carbonyl (C=O) groups excluding carboxylic acids is 1. The summed E-state index contributed by atoms with van der Waals surface area (Å²) in [5.41, 5.74) is 0.925. The number of carbonyl (C=O) groups is 1. The van der Waals surface area contributed by atoms with Crippen molar-refractivity contribution in [2.24, 2.45) is 0 Å². The van der Waals surface area contributed by atoms with E-state index in [1.807, 2.05) is 18.2 Å². The predicted octanol–water partition coefficient (Wildman–Crippen LogP) is 4.73. The van der Waals surface area contributed by atoms with Crippen molar-refractivity contribution in [1.82, 2.24) is 4.98 Å². The Labute approximate surface area is 162 Å². The number of nitro groups is 1. The van der Waals surface area contributed by atoms with E-state index in [2.05, 4.69) is 10.3 Å². The Hall–Kier alpha value is -3.72. The number of fused-ring (bicyclic) bond motifs is 1. The highest BCUT2D eigenvalue weighted by atomic mass is 32.1. The highest BCUT2D eigenvalue weighted by Gasteiger charge is 2.20. The summed E-state index contributed by atoms with van der Waals surface area (Å²) < 4.78 is 11.0. The summed E-state index contributed by atoms with van der Waals surface area (Å²) in [7, 11) is 1.58. The quantitative estimate of drug-likeness (QED) is 0.387. The molecule has 0 saturated heterocycles. The minimum Gasteiger partial charge on any atom is -0.497 e. The van der Waals surface area contributed by atoms with Crippen molar-refractivity contribution in [2.45, 2.75) is 0 Å². The number of thiazole rings is 1. The van der Waals surface area contributed by atoms with Crippen molar-refractivity contribution in [2.75, 3.05) is 12.4 Å². The van der Waals surface area contributed by atoms with Gasteiger partial charge in [0.15, 0.2) is 10.9 Å². The Bertz CT molecular complexity index is 1200. The third-order valence-electron chi connectivity index (χ3n) is 4.05. The maximum absolute atomic E-state index is 12.4. The average molecular weight is 395 g/mol. The first kappa shape index (κ1) is 17.7. The molecule has 1 amide bonds. The van der Waals surface area contributed by atoms with Gasteiger partial charge in [-0.1, -0.05) is 12.1 Å². The smallest absolute Gasteiger partial charge is 0.282 e. The molecule has 0 fully saturated rings. The molecule has 140 valence electrons. The number of nitrogens with one attached hydrogen (secondary N) is 1. The van der Waals surface area contributed by atoms with E-state index in [4.69, 9.17) is 9.15 Å². The molecule has 9 heteroatoms. The molecule has 0 unspecified atom stereocenters. The lowest BCUT2D eigenvalue weighted by Crippen LogP contribution is -2.13. The van der Waals surface area contributed by atoms with Gasteiger partial charge in [-0.15, -0.1) is 11.3 Å². The number of hydrogen-bond acceptors (Lipinski definition) is 7. The van der Waals surface area contributed by atoms with E-state index in [0.717, 1.165) is 5.39 Å². The van der Waals surface area contributed by atoms with Crippen LogP contribution in [0.3, 0.4) is 0 Å². The zero-order valence-corrected chi connectivity index (χ0v) is 15.4. The lowest BCUT2D eigenvalue weighted by molar-refractivity contribution is -0.385. The lowest BCUT2D eigenvalue weighted by atomic mass is 10.1. The molecule has 28 heavy (non-hydrogen) atoms. The topological polar surface area (TPSA) is 108 Å². The number of furan rings is 1. The molecule has 1 N–H and O–H groups in total. The van der Waals surface area contributed by atoms with Crippen LogP contribution in [0.15, 0.2) is 58.3 Å². The molecule has 2 heterocycles. The molecule has 8 nitrogen and oxygen atoms in total. The summed E-state index contributed by atoms with van der Waals surface area (Å²) in [6.07, 6.45) is 0. The van der Waals surface area contributed by atoms with Gasteiger partial charge < -0.3 is 9.15 Å². The number of anilines is 1. The summed E-state index contributed by atoms with van der Waals surface area (Å²) in [5, 5.41) is 16.6. The van der Waals surface area contributed by atoms with Crippen molar-refractivity contribution in [3.63, 3.8) is 0 Å². The Kier molecular flexibility index (Phi) is 4.50. The first-order chi connectivity index (χ1) is 13.5. The van der Waals surface area contributed by atoms with Gasteiger partial charge in [0.2, 0.25) is 0 Å². The average Bonchev–Trinajstić information content (AvgIpc) is 3.33. The molecule has 0 spiro atoms. The number of hydrogen-bond donors (Lipinski definition) is 1. The van der Waals surface area contributed by atoms with E-state index in [1.165, 1.54) is 29.5 Å². The third kappa shape index (κ3) is 3.30. The van der Waals surface area contributed by atoms with Gasteiger partial charge in [0.25, 0.3) is 11.6 Å². The van der Waals surface area contributed by atoms with Crippen LogP contribution in [0.25, 0.3) is 22.4 Å². The van der Waals surface area contributed by atoms with E-state index in [9.17, 15) is 14.9 Å². The number of methoxy groups -OCH3 is 1. The van der Waals surface area contributed by atoms with E-state index in [0.29, 0.717) is 27.9 Å². The highest BCUT2D eigenvalue weighted by Crippen LogP contribution is 2.32. The van der Waals surface area contributed by atoms with Crippen LogP contribution in [0.4, 0.5) is 10.8 Å². The number of para-hydroxylation sites is 1. The fourth-order valence-electron chi connectivity index (χ4n) is 2.70. The van der Waals surface area contributed by atoms with Gasteiger partial charge in [0, 0.05) is 22.9 Å². The summed E-state index contributed by atoms with van der Waals surface area (Å²) in [4.78, 5) is 27.3. The molecular formula is C19H13N3O5S.